The summed E-state index contributed by atoms with van der Waals surface area (Å²) in [4.78, 5) is 4.68. The molecule has 2 nitrogen and oxygen atoms in total. The third-order valence-electron chi connectivity index (χ3n) is 2.97. The van der Waals surface area contributed by atoms with E-state index in [-0.39, 0.29) is 0 Å². The van der Waals surface area contributed by atoms with Crippen molar-refractivity contribution >= 4 is 32.4 Å². The van der Waals surface area contributed by atoms with Gasteiger partial charge >= 0.3 is 0 Å². The first kappa shape index (κ1) is 11.2. The van der Waals surface area contributed by atoms with Crippen molar-refractivity contribution in [1.82, 2.24) is 4.98 Å². The second kappa shape index (κ2) is 4.42. The molecule has 0 radical (unpaired) electrons. The van der Waals surface area contributed by atoms with Crippen molar-refractivity contribution in [2.75, 3.05) is 5.32 Å². The molecule has 0 saturated carbocycles. The average molecular weight is 254 g/mol. The summed E-state index contributed by atoms with van der Waals surface area (Å²) in [5.74, 6) is 0. The quantitative estimate of drug-likeness (QED) is 0.719. The molecule has 0 fully saturated rings. The summed E-state index contributed by atoms with van der Waals surface area (Å²) in [5.41, 5.74) is 4.70. The van der Waals surface area contributed by atoms with Crippen molar-refractivity contribution in [2.45, 2.75) is 13.8 Å². The number of thiazole rings is 1. The van der Waals surface area contributed by atoms with Crippen LogP contribution in [-0.2, 0) is 0 Å². The minimum Gasteiger partial charge on any atom is -0.332 e. The van der Waals surface area contributed by atoms with Gasteiger partial charge in [0.1, 0.15) is 0 Å². The zero-order valence-corrected chi connectivity index (χ0v) is 11.2. The number of anilines is 2. The summed E-state index contributed by atoms with van der Waals surface area (Å²) in [7, 11) is 0. The Balaban J connectivity index is 2.04. The van der Waals surface area contributed by atoms with E-state index in [1.807, 2.05) is 30.3 Å². The molecular formula is C15H14N2S. The fraction of sp³-hybridized carbons (Fsp3) is 0.133. The molecule has 18 heavy (non-hydrogen) atoms. The molecule has 3 aromatic rings. The fourth-order valence-corrected chi connectivity index (χ4v) is 2.99. The van der Waals surface area contributed by atoms with Gasteiger partial charge in [-0.3, -0.25) is 0 Å². The highest BCUT2D eigenvalue weighted by atomic mass is 32.1. The van der Waals surface area contributed by atoms with Gasteiger partial charge in [-0.2, -0.15) is 0 Å². The van der Waals surface area contributed by atoms with E-state index in [1.54, 1.807) is 11.3 Å². The minimum absolute atomic E-state index is 0.952. The lowest BCUT2D eigenvalue weighted by Gasteiger charge is -2.00. The van der Waals surface area contributed by atoms with Crippen molar-refractivity contribution in [3.63, 3.8) is 0 Å². The van der Waals surface area contributed by atoms with E-state index in [1.165, 1.54) is 15.8 Å². The lowest BCUT2D eigenvalue weighted by molar-refractivity contribution is 1.39. The van der Waals surface area contributed by atoms with Gasteiger partial charge in [-0.05, 0) is 37.1 Å². The van der Waals surface area contributed by atoms with Gasteiger partial charge in [-0.15, -0.1) is 0 Å². The summed E-state index contributed by atoms with van der Waals surface area (Å²) in [6.45, 7) is 4.24. The molecule has 3 rings (SSSR count). The SMILES string of the molecule is Cc1ccc(C)c2sc(Nc3ccccc3)nc12. The molecule has 0 spiro atoms. The molecule has 0 amide bonds. The van der Waals surface area contributed by atoms with Gasteiger partial charge in [0.15, 0.2) is 5.13 Å². The van der Waals surface area contributed by atoms with E-state index in [0.717, 1.165) is 16.3 Å². The van der Waals surface area contributed by atoms with E-state index < -0.39 is 0 Å². The second-order valence-electron chi connectivity index (χ2n) is 4.39. The van der Waals surface area contributed by atoms with Gasteiger partial charge in [0.25, 0.3) is 0 Å². The highest BCUT2D eigenvalue weighted by Crippen LogP contribution is 2.32. The maximum absolute atomic E-state index is 4.68. The molecule has 0 aliphatic rings. The van der Waals surface area contributed by atoms with Crippen LogP contribution < -0.4 is 5.32 Å². The number of benzene rings is 2. The lowest BCUT2D eigenvalue weighted by atomic mass is 10.1. The molecule has 1 heterocycles. The number of hydrogen-bond acceptors (Lipinski definition) is 3. The molecule has 0 atom stereocenters. The molecule has 0 bridgehead atoms. The van der Waals surface area contributed by atoms with Gasteiger partial charge in [0.2, 0.25) is 0 Å². The van der Waals surface area contributed by atoms with Crippen molar-refractivity contribution in [2.24, 2.45) is 0 Å². The Morgan fingerprint density at radius 3 is 2.39 bits per heavy atom. The average Bonchev–Trinajstić information content (AvgIpc) is 2.80. The molecule has 90 valence electrons. The summed E-state index contributed by atoms with van der Waals surface area (Å²) in [5, 5.41) is 4.31. The Morgan fingerprint density at radius 2 is 1.67 bits per heavy atom. The normalized spacial score (nSPS) is 10.8. The Hall–Kier alpha value is -1.87. The third-order valence-corrected chi connectivity index (χ3v) is 4.07. The predicted octanol–water partition coefficient (Wildman–Crippen LogP) is 4.66. The maximum atomic E-state index is 4.68. The van der Waals surface area contributed by atoms with Crippen molar-refractivity contribution in [3.05, 3.63) is 53.6 Å². The number of nitrogens with one attached hydrogen (secondary N) is 1. The topological polar surface area (TPSA) is 24.9 Å². The molecular weight excluding hydrogens is 240 g/mol. The van der Waals surface area contributed by atoms with E-state index in [4.69, 9.17) is 0 Å². The minimum atomic E-state index is 0.952. The van der Waals surface area contributed by atoms with Crippen molar-refractivity contribution in [1.29, 1.82) is 0 Å². The molecule has 0 unspecified atom stereocenters. The first-order valence-electron chi connectivity index (χ1n) is 5.93. The van der Waals surface area contributed by atoms with Crippen LogP contribution >= 0.6 is 11.3 Å². The lowest BCUT2D eigenvalue weighted by Crippen LogP contribution is -1.87. The third kappa shape index (κ3) is 1.97. The molecule has 1 N–H and O–H groups in total. The summed E-state index contributed by atoms with van der Waals surface area (Å²) >= 11 is 1.71. The number of para-hydroxylation sites is 1. The number of fused-ring (bicyclic) bond motifs is 1. The standard InChI is InChI=1S/C15H14N2S/c1-10-8-9-11(2)14-13(10)17-15(18-14)16-12-6-4-3-5-7-12/h3-9H,1-2H3,(H,16,17). The monoisotopic (exact) mass is 254 g/mol. The predicted molar refractivity (Wildman–Crippen MR) is 78.8 cm³/mol. The molecule has 0 saturated heterocycles. The Kier molecular flexibility index (Phi) is 2.76. The largest absolute Gasteiger partial charge is 0.332 e. The van der Waals surface area contributed by atoms with Crippen LogP contribution in [0.2, 0.25) is 0 Å². The highest BCUT2D eigenvalue weighted by Gasteiger charge is 2.08. The van der Waals surface area contributed by atoms with Crippen LogP contribution in [0.4, 0.5) is 10.8 Å². The van der Waals surface area contributed by atoms with Crippen LogP contribution in [0.3, 0.4) is 0 Å². The van der Waals surface area contributed by atoms with Gasteiger partial charge in [0, 0.05) is 5.69 Å². The van der Waals surface area contributed by atoms with Crippen LogP contribution in [0.25, 0.3) is 10.2 Å². The molecule has 0 aliphatic heterocycles. The van der Waals surface area contributed by atoms with E-state index in [2.05, 4.69) is 36.3 Å². The first-order chi connectivity index (χ1) is 8.74. The van der Waals surface area contributed by atoms with Gasteiger partial charge in [0.05, 0.1) is 10.2 Å². The maximum Gasteiger partial charge on any atom is 0.188 e. The number of hydrogen-bond donors (Lipinski definition) is 1. The van der Waals surface area contributed by atoms with Crippen LogP contribution in [0.1, 0.15) is 11.1 Å². The number of aromatic nitrogens is 1. The fourth-order valence-electron chi connectivity index (χ4n) is 1.96. The molecule has 3 heteroatoms. The van der Waals surface area contributed by atoms with Crippen molar-refractivity contribution in [3.8, 4) is 0 Å². The summed E-state index contributed by atoms with van der Waals surface area (Å²) in [6, 6.07) is 14.4. The van der Waals surface area contributed by atoms with Crippen LogP contribution in [0.15, 0.2) is 42.5 Å². The second-order valence-corrected chi connectivity index (χ2v) is 5.39. The van der Waals surface area contributed by atoms with Gasteiger partial charge in [-0.25, -0.2) is 4.98 Å². The molecule has 0 aliphatic carbocycles. The zero-order chi connectivity index (χ0) is 12.5. The highest BCUT2D eigenvalue weighted by molar-refractivity contribution is 7.22. The Labute approximate surface area is 110 Å². The van der Waals surface area contributed by atoms with E-state index in [0.29, 0.717) is 0 Å². The number of aryl methyl sites for hydroxylation is 2. The van der Waals surface area contributed by atoms with Crippen LogP contribution in [0.5, 0.6) is 0 Å². The number of rotatable bonds is 2. The van der Waals surface area contributed by atoms with E-state index >= 15 is 0 Å². The number of nitrogens with zero attached hydrogens (tertiary/aromatic N) is 1. The smallest absolute Gasteiger partial charge is 0.188 e. The summed E-state index contributed by atoms with van der Waals surface area (Å²) < 4.78 is 1.27. The molecule has 2 aromatic carbocycles. The van der Waals surface area contributed by atoms with Crippen LogP contribution in [0, 0.1) is 13.8 Å². The van der Waals surface area contributed by atoms with Crippen LogP contribution in [-0.4, -0.2) is 4.98 Å². The van der Waals surface area contributed by atoms with Gasteiger partial charge < -0.3 is 5.32 Å². The van der Waals surface area contributed by atoms with Crippen molar-refractivity contribution < 1.29 is 0 Å². The molecule has 1 aromatic heterocycles. The first-order valence-corrected chi connectivity index (χ1v) is 6.74. The Morgan fingerprint density at radius 1 is 0.944 bits per heavy atom. The van der Waals surface area contributed by atoms with Gasteiger partial charge in [-0.1, -0.05) is 41.7 Å². The Bertz CT molecular complexity index is 647. The summed E-state index contributed by atoms with van der Waals surface area (Å²) in [6.07, 6.45) is 0. The zero-order valence-electron chi connectivity index (χ0n) is 10.4. The van der Waals surface area contributed by atoms with E-state index in [9.17, 15) is 0 Å².